The van der Waals surface area contributed by atoms with Crippen LogP contribution < -0.4 is 5.43 Å². The van der Waals surface area contributed by atoms with E-state index in [2.05, 4.69) is 38.6 Å². The van der Waals surface area contributed by atoms with Gasteiger partial charge < -0.3 is 5.43 Å². The number of rotatable bonds is 1. The van der Waals surface area contributed by atoms with Crippen molar-refractivity contribution >= 4 is 21.6 Å². The van der Waals surface area contributed by atoms with Crippen molar-refractivity contribution in [2.75, 3.05) is 0 Å². The van der Waals surface area contributed by atoms with Crippen molar-refractivity contribution in [2.45, 2.75) is 17.8 Å². The number of nitrogens with zero attached hydrogens (tertiary/aromatic N) is 1. The minimum absolute atomic E-state index is 0.279. The Balaban J connectivity index is 2.22. The molecule has 0 spiro atoms. The SMILES string of the molecule is CC1=NNC(c2ccccc2)C1Br. The Labute approximate surface area is 86.2 Å². The zero-order chi connectivity index (χ0) is 9.26. The van der Waals surface area contributed by atoms with Crippen LogP contribution in [-0.2, 0) is 0 Å². The third-order valence-corrected chi connectivity index (χ3v) is 3.42. The molecule has 2 atom stereocenters. The highest BCUT2D eigenvalue weighted by molar-refractivity contribution is 9.10. The van der Waals surface area contributed by atoms with E-state index in [4.69, 9.17) is 0 Å². The molecule has 1 heterocycles. The van der Waals surface area contributed by atoms with Gasteiger partial charge in [0.2, 0.25) is 0 Å². The summed E-state index contributed by atoms with van der Waals surface area (Å²) in [6.07, 6.45) is 0. The molecule has 1 aliphatic rings. The molecule has 1 aromatic rings. The number of hydrogen-bond donors (Lipinski definition) is 1. The third-order valence-electron chi connectivity index (χ3n) is 2.23. The first-order valence-electron chi connectivity index (χ1n) is 4.28. The molecule has 2 unspecified atom stereocenters. The van der Waals surface area contributed by atoms with E-state index < -0.39 is 0 Å². The number of hydrogen-bond acceptors (Lipinski definition) is 2. The van der Waals surface area contributed by atoms with Crippen molar-refractivity contribution < 1.29 is 0 Å². The highest BCUT2D eigenvalue weighted by atomic mass is 79.9. The Hall–Kier alpha value is -0.830. The molecule has 0 amide bonds. The van der Waals surface area contributed by atoms with E-state index in [1.165, 1.54) is 5.56 Å². The minimum Gasteiger partial charge on any atom is -0.301 e. The van der Waals surface area contributed by atoms with Gasteiger partial charge in [-0.05, 0) is 12.5 Å². The molecule has 0 aromatic heterocycles. The fourth-order valence-electron chi connectivity index (χ4n) is 1.44. The number of halogens is 1. The van der Waals surface area contributed by atoms with Gasteiger partial charge in [-0.1, -0.05) is 46.3 Å². The zero-order valence-electron chi connectivity index (χ0n) is 7.37. The molecule has 13 heavy (non-hydrogen) atoms. The Morgan fingerprint density at radius 3 is 2.54 bits per heavy atom. The summed E-state index contributed by atoms with van der Waals surface area (Å²) in [5.41, 5.74) is 5.49. The average molecular weight is 239 g/mol. The molecule has 1 aromatic carbocycles. The molecule has 3 heteroatoms. The average Bonchev–Trinajstić information content (AvgIpc) is 2.49. The maximum atomic E-state index is 4.19. The second-order valence-corrected chi connectivity index (χ2v) is 4.16. The second kappa shape index (κ2) is 3.50. The fraction of sp³-hybridized carbons (Fsp3) is 0.300. The van der Waals surface area contributed by atoms with Crippen molar-refractivity contribution in [1.29, 1.82) is 0 Å². The van der Waals surface area contributed by atoms with E-state index in [0.717, 1.165) is 5.71 Å². The van der Waals surface area contributed by atoms with E-state index in [1.807, 2.05) is 25.1 Å². The van der Waals surface area contributed by atoms with Gasteiger partial charge in [-0.2, -0.15) is 5.10 Å². The summed E-state index contributed by atoms with van der Waals surface area (Å²) < 4.78 is 0. The smallest absolute Gasteiger partial charge is 0.0868 e. The molecule has 2 rings (SSSR count). The van der Waals surface area contributed by atoms with Gasteiger partial charge in [0, 0.05) is 0 Å². The van der Waals surface area contributed by atoms with E-state index in [9.17, 15) is 0 Å². The van der Waals surface area contributed by atoms with Crippen molar-refractivity contribution in [3.8, 4) is 0 Å². The highest BCUT2D eigenvalue weighted by Gasteiger charge is 2.27. The van der Waals surface area contributed by atoms with Crippen LogP contribution in [0.1, 0.15) is 18.5 Å². The fourth-order valence-corrected chi connectivity index (χ4v) is 1.97. The Bertz CT molecular complexity index is 321. The number of benzene rings is 1. The first-order chi connectivity index (χ1) is 6.29. The van der Waals surface area contributed by atoms with Crippen LogP contribution in [0.2, 0.25) is 0 Å². The summed E-state index contributed by atoms with van der Waals surface area (Å²) in [6.45, 7) is 2.02. The van der Waals surface area contributed by atoms with Crippen molar-refractivity contribution in [3.63, 3.8) is 0 Å². The summed E-state index contributed by atoms with van der Waals surface area (Å²) >= 11 is 3.61. The zero-order valence-corrected chi connectivity index (χ0v) is 8.95. The maximum absolute atomic E-state index is 4.19. The number of hydrazone groups is 1. The Morgan fingerprint density at radius 1 is 1.31 bits per heavy atom. The lowest BCUT2D eigenvalue weighted by atomic mass is 10.0. The van der Waals surface area contributed by atoms with E-state index in [-0.39, 0.29) is 6.04 Å². The molecular formula is C10H11BrN2. The van der Waals surface area contributed by atoms with Gasteiger partial charge in [0.25, 0.3) is 0 Å². The number of alkyl halides is 1. The maximum Gasteiger partial charge on any atom is 0.0868 e. The summed E-state index contributed by atoms with van der Waals surface area (Å²) in [4.78, 5) is 0.315. The van der Waals surface area contributed by atoms with Gasteiger partial charge in [-0.3, -0.25) is 0 Å². The van der Waals surface area contributed by atoms with Gasteiger partial charge in [0.1, 0.15) is 0 Å². The molecule has 0 radical (unpaired) electrons. The molecule has 0 saturated heterocycles. The quantitative estimate of drug-likeness (QED) is 0.748. The molecule has 1 aliphatic heterocycles. The van der Waals surface area contributed by atoms with Gasteiger partial charge in [0.05, 0.1) is 16.6 Å². The normalized spacial score (nSPS) is 26.8. The predicted octanol–water partition coefficient (Wildman–Crippen LogP) is 2.47. The van der Waals surface area contributed by atoms with Crippen LogP contribution in [0.3, 0.4) is 0 Å². The first kappa shape index (κ1) is 8.75. The Morgan fingerprint density at radius 2 is 2.00 bits per heavy atom. The molecule has 1 N–H and O–H groups in total. The molecule has 0 fully saturated rings. The summed E-state index contributed by atoms with van der Waals surface area (Å²) in [7, 11) is 0. The first-order valence-corrected chi connectivity index (χ1v) is 5.19. The Kier molecular flexibility index (Phi) is 2.36. The van der Waals surface area contributed by atoms with E-state index >= 15 is 0 Å². The van der Waals surface area contributed by atoms with Crippen LogP contribution in [-0.4, -0.2) is 10.5 Å². The van der Waals surface area contributed by atoms with Crippen molar-refractivity contribution in [2.24, 2.45) is 5.10 Å². The van der Waals surface area contributed by atoms with Crippen LogP contribution in [0.5, 0.6) is 0 Å². The van der Waals surface area contributed by atoms with Gasteiger partial charge >= 0.3 is 0 Å². The largest absolute Gasteiger partial charge is 0.301 e. The van der Waals surface area contributed by atoms with Crippen LogP contribution in [0, 0.1) is 0 Å². The standard InChI is InChI=1S/C10H11BrN2/c1-7-9(11)10(13-12-7)8-5-3-2-4-6-8/h2-6,9-10,13H,1H3. The van der Waals surface area contributed by atoms with E-state index in [0.29, 0.717) is 4.83 Å². The molecule has 0 saturated carbocycles. The van der Waals surface area contributed by atoms with Gasteiger partial charge in [-0.25, -0.2) is 0 Å². The van der Waals surface area contributed by atoms with Crippen molar-refractivity contribution in [1.82, 2.24) is 5.43 Å². The minimum atomic E-state index is 0.279. The van der Waals surface area contributed by atoms with Gasteiger partial charge in [-0.15, -0.1) is 0 Å². The van der Waals surface area contributed by atoms with E-state index in [1.54, 1.807) is 0 Å². The lowest BCUT2D eigenvalue weighted by Crippen LogP contribution is -2.20. The summed E-state index contributed by atoms with van der Waals surface area (Å²) in [6, 6.07) is 10.6. The molecule has 2 nitrogen and oxygen atoms in total. The molecule has 0 aliphatic carbocycles. The highest BCUT2D eigenvalue weighted by Crippen LogP contribution is 2.27. The second-order valence-electron chi connectivity index (χ2n) is 3.17. The van der Waals surface area contributed by atoms with Crippen LogP contribution in [0.4, 0.5) is 0 Å². The van der Waals surface area contributed by atoms with Crippen LogP contribution >= 0.6 is 15.9 Å². The number of nitrogens with one attached hydrogen (secondary N) is 1. The topological polar surface area (TPSA) is 24.4 Å². The van der Waals surface area contributed by atoms with Crippen LogP contribution in [0.25, 0.3) is 0 Å². The van der Waals surface area contributed by atoms with Crippen molar-refractivity contribution in [3.05, 3.63) is 35.9 Å². The molecule has 68 valence electrons. The predicted molar refractivity (Wildman–Crippen MR) is 58.1 cm³/mol. The lowest BCUT2D eigenvalue weighted by Gasteiger charge is -2.14. The molecule has 0 bridgehead atoms. The van der Waals surface area contributed by atoms with Gasteiger partial charge in [0.15, 0.2) is 0 Å². The van der Waals surface area contributed by atoms with Crippen LogP contribution in [0.15, 0.2) is 35.4 Å². The monoisotopic (exact) mass is 238 g/mol. The third kappa shape index (κ3) is 1.61. The summed E-state index contributed by atoms with van der Waals surface area (Å²) in [5, 5.41) is 4.19. The molecular weight excluding hydrogens is 228 g/mol. The summed E-state index contributed by atoms with van der Waals surface area (Å²) in [5.74, 6) is 0. The lowest BCUT2D eigenvalue weighted by molar-refractivity contribution is 0.631.